The second-order valence-electron chi connectivity index (χ2n) is 3.29. The molecule has 0 spiro atoms. The lowest BCUT2D eigenvalue weighted by Gasteiger charge is -2.07. The molecule has 1 heterocycles. The molecule has 5 nitrogen and oxygen atoms in total. The number of rotatable bonds is 3. The Balaban J connectivity index is 0.00000121. The lowest BCUT2D eigenvalue weighted by atomic mass is 10.3. The van der Waals surface area contributed by atoms with Gasteiger partial charge in [0.25, 0.3) is 0 Å². The molecule has 0 saturated heterocycles. The average molecular weight is 235 g/mol. The van der Waals surface area contributed by atoms with Crippen LogP contribution in [0.15, 0.2) is 28.3 Å². The Hall–Kier alpha value is -1.91. The van der Waals surface area contributed by atoms with Crippen LogP contribution < -0.4 is 11.2 Å². The fourth-order valence-corrected chi connectivity index (χ4v) is 1.07. The summed E-state index contributed by atoms with van der Waals surface area (Å²) < 4.78 is 0. The highest BCUT2D eigenvalue weighted by Gasteiger charge is 2.04. The summed E-state index contributed by atoms with van der Waals surface area (Å²) in [6.45, 7) is 11.3. The molecule has 0 bridgehead atoms. The van der Waals surface area contributed by atoms with Crippen LogP contribution in [0, 0.1) is 0 Å². The number of nitrogen functional groups attached to an aromatic ring is 1. The van der Waals surface area contributed by atoms with E-state index in [1.54, 1.807) is 6.07 Å². The second-order valence-corrected chi connectivity index (χ2v) is 3.29. The van der Waals surface area contributed by atoms with E-state index in [0.717, 1.165) is 0 Å². The van der Waals surface area contributed by atoms with Gasteiger partial charge in [-0.1, -0.05) is 19.9 Å². The van der Waals surface area contributed by atoms with Crippen molar-refractivity contribution in [3.8, 4) is 0 Å². The first-order chi connectivity index (χ1) is 8.13. The third kappa shape index (κ3) is 5.65. The van der Waals surface area contributed by atoms with E-state index in [-0.39, 0.29) is 6.04 Å². The summed E-state index contributed by atoms with van der Waals surface area (Å²) in [6.07, 6.45) is 0. The van der Waals surface area contributed by atoms with Crippen LogP contribution in [-0.4, -0.2) is 23.6 Å². The molecule has 0 saturated carbocycles. The molecule has 0 radical (unpaired) electrons. The predicted molar refractivity (Wildman–Crippen MR) is 74.4 cm³/mol. The zero-order valence-electron chi connectivity index (χ0n) is 10.9. The molecule has 1 aromatic rings. The van der Waals surface area contributed by atoms with Crippen LogP contribution >= 0.6 is 0 Å². The number of hydrogen-bond donors (Lipinski definition) is 2. The summed E-state index contributed by atoms with van der Waals surface area (Å²) in [7, 11) is 0. The number of anilines is 1. The first-order valence-electron chi connectivity index (χ1n) is 5.66. The monoisotopic (exact) mass is 235 g/mol. The van der Waals surface area contributed by atoms with Crippen molar-refractivity contribution in [2.45, 2.75) is 33.7 Å². The second kappa shape index (κ2) is 8.27. The maximum absolute atomic E-state index is 5.58. The molecule has 0 aromatic carbocycles. The van der Waals surface area contributed by atoms with Crippen LogP contribution in [0.3, 0.4) is 0 Å². The molecule has 0 amide bonds. The average Bonchev–Trinajstić information content (AvgIpc) is 2.30. The number of amidine groups is 1. The van der Waals surface area contributed by atoms with Gasteiger partial charge in [-0.05, 0) is 26.0 Å². The highest BCUT2D eigenvalue weighted by molar-refractivity contribution is 5.97. The molecule has 0 unspecified atom stereocenters. The smallest absolute Gasteiger partial charge is 0.168 e. The van der Waals surface area contributed by atoms with Gasteiger partial charge in [0.1, 0.15) is 11.5 Å². The minimum Gasteiger partial charge on any atom is -0.384 e. The van der Waals surface area contributed by atoms with Gasteiger partial charge >= 0.3 is 0 Å². The van der Waals surface area contributed by atoms with E-state index >= 15 is 0 Å². The molecule has 17 heavy (non-hydrogen) atoms. The SMILES string of the molecule is C=NNC(=NC(C)C)c1cccc(N)n1.CC. The van der Waals surface area contributed by atoms with Gasteiger partial charge in [-0.3, -0.25) is 10.4 Å². The van der Waals surface area contributed by atoms with Crippen molar-refractivity contribution in [1.29, 1.82) is 0 Å². The van der Waals surface area contributed by atoms with Gasteiger partial charge in [-0.25, -0.2) is 4.98 Å². The summed E-state index contributed by atoms with van der Waals surface area (Å²) in [5, 5.41) is 3.58. The number of aliphatic imine (C=N–C) groups is 1. The lowest BCUT2D eigenvalue weighted by Crippen LogP contribution is -2.21. The van der Waals surface area contributed by atoms with Gasteiger partial charge < -0.3 is 5.73 Å². The molecule has 3 N–H and O–H groups in total. The standard InChI is InChI=1S/C10H15N5.C2H6/c1-7(2)13-10(15-12-3)8-5-4-6-9(11)14-8;1-2/h4-7H,3H2,1-2H3,(H2,11,14)(H,13,15);1-2H3. The maximum Gasteiger partial charge on any atom is 0.168 e. The first-order valence-corrected chi connectivity index (χ1v) is 5.66. The fraction of sp³-hybridized carbons (Fsp3) is 0.417. The Kier molecular flexibility index (Phi) is 7.34. The minimum atomic E-state index is 0.150. The van der Waals surface area contributed by atoms with Crippen molar-refractivity contribution in [2.75, 3.05) is 5.73 Å². The Morgan fingerprint density at radius 3 is 2.53 bits per heavy atom. The molecule has 0 aliphatic heterocycles. The van der Waals surface area contributed by atoms with Crippen molar-refractivity contribution >= 4 is 18.4 Å². The van der Waals surface area contributed by atoms with Crippen LogP contribution in [0.25, 0.3) is 0 Å². The summed E-state index contributed by atoms with van der Waals surface area (Å²) in [6, 6.07) is 5.50. The Labute approximate surface area is 103 Å². The Bertz CT molecular complexity index is 371. The van der Waals surface area contributed by atoms with Gasteiger partial charge in [0.2, 0.25) is 0 Å². The zero-order valence-corrected chi connectivity index (χ0v) is 10.9. The van der Waals surface area contributed by atoms with E-state index in [4.69, 9.17) is 5.73 Å². The molecule has 0 aliphatic carbocycles. The van der Waals surface area contributed by atoms with Gasteiger partial charge in [-0.15, -0.1) is 0 Å². The number of nitrogens with two attached hydrogens (primary N) is 1. The van der Waals surface area contributed by atoms with Crippen LogP contribution in [0.1, 0.15) is 33.4 Å². The van der Waals surface area contributed by atoms with Crippen molar-refractivity contribution in [3.05, 3.63) is 23.9 Å². The molecule has 0 atom stereocenters. The third-order valence-electron chi connectivity index (χ3n) is 1.59. The Morgan fingerprint density at radius 2 is 2.06 bits per heavy atom. The molecule has 94 valence electrons. The summed E-state index contributed by atoms with van der Waals surface area (Å²) >= 11 is 0. The molecule has 0 aliphatic rings. The third-order valence-corrected chi connectivity index (χ3v) is 1.59. The summed E-state index contributed by atoms with van der Waals surface area (Å²) in [5.74, 6) is 1.03. The largest absolute Gasteiger partial charge is 0.384 e. The maximum atomic E-state index is 5.58. The van der Waals surface area contributed by atoms with Crippen LogP contribution in [0.2, 0.25) is 0 Å². The number of hydrogen-bond acceptors (Lipinski definition) is 4. The Morgan fingerprint density at radius 1 is 1.41 bits per heavy atom. The number of hydrazone groups is 1. The van der Waals surface area contributed by atoms with Crippen molar-refractivity contribution in [3.63, 3.8) is 0 Å². The number of pyridine rings is 1. The van der Waals surface area contributed by atoms with E-state index in [1.165, 1.54) is 0 Å². The summed E-state index contributed by atoms with van der Waals surface area (Å²) in [4.78, 5) is 8.47. The van der Waals surface area contributed by atoms with Gasteiger partial charge in [-0.2, -0.15) is 5.10 Å². The summed E-state index contributed by atoms with van der Waals surface area (Å²) in [5.41, 5.74) is 8.95. The molecule has 1 aromatic heterocycles. The van der Waals surface area contributed by atoms with Crippen molar-refractivity contribution < 1.29 is 0 Å². The highest BCUT2D eigenvalue weighted by atomic mass is 15.3. The van der Waals surface area contributed by atoms with Crippen LogP contribution in [0.5, 0.6) is 0 Å². The first kappa shape index (κ1) is 15.1. The van der Waals surface area contributed by atoms with Crippen molar-refractivity contribution in [1.82, 2.24) is 10.4 Å². The highest BCUT2D eigenvalue weighted by Crippen LogP contribution is 2.02. The minimum absolute atomic E-state index is 0.150. The zero-order chi connectivity index (χ0) is 13.3. The predicted octanol–water partition coefficient (Wildman–Crippen LogP) is 2.05. The van der Waals surface area contributed by atoms with Gasteiger partial charge in [0, 0.05) is 12.8 Å². The van der Waals surface area contributed by atoms with E-state index in [1.807, 2.05) is 39.8 Å². The fourth-order valence-electron chi connectivity index (χ4n) is 1.07. The number of nitrogens with one attached hydrogen (secondary N) is 1. The van der Waals surface area contributed by atoms with Crippen molar-refractivity contribution in [2.24, 2.45) is 10.1 Å². The lowest BCUT2D eigenvalue weighted by molar-refractivity contribution is 0.819. The van der Waals surface area contributed by atoms with E-state index in [9.17, 15) is 0 Å². The topological polar surface area (TPSA) is 75.7 Å². The van der Waals surface area contributed by atoms with E-state index < -0.39 is 0 Å². The molecule has 1 rings (SSSR count). The van der Waals surface area contributed by atoms with Gasteiger partial charge in [0.05, 0.1) is 0 Å². The van der Waals surface area contributed by atoms with Gasteiger partial charge in [0.15, 0.2) is 5.84 Å². The van der Waals surface area contributed by atoms with E-state index in [2.05, 4.69) is 27.2 Å². The molecule has 0 fully saturated rings. The normalized spacial score (nSPS) is 10.5. The van der Waals surface area contributed by atoms with Crippen LogP contribution in [-0.2, 0) is 0 Å². The van der Waals surface area contributed by atoms with E-state index in [0.29, 0.717) is 17.3 Å². The molecular weight excluding hydrogens is 214 g/mol. The number of aromatic nitrogens is 1. The quantitative estimate of drug-likeness (QED) is 0.478. The molecular formula is C12H21N5. The van der Waals surface area contributed by atoms with Crippen LogP contribution in [0.4, 0.5) is 5.82 Å². The molecule has 5 heteroatoms. The number of nitrogens with zero attached hydrogens (tertiary/aromatic N) is 3.